The van der Waals surface area contributed by atoms with E-state index in [0.717, 1.165) is 6.42 Å². The van der Waals surface area contributed by atoms with Gasteiger partial charge in [0.05, 0.1) is 6.61 Å². The van der Waals surface area contributed by atoms with E-state index in [1.165, 1.54) is 0 Å². The number of ether oxygens (including phenoxy) is 1. The van der Waals surface area contributed by atoms with Crippen LogP contribution >= 0.6 is 0 Å². The lowest BCUT2D eigenvalue weighted by Gasteiger charge is -2.28. The second-order valence-corrected chi connectivity index (χ2v) is 3.31. The fourth-order valence-corrected chi connectivity index (χ4v) is 0.912. The number of hydrogen-bond donors (Lipinski definition) is 1. The molecule has 0 fully saturated rings. The zero-order chi connectivity index (χ0) is 9.78. The number of carbonyl (C=O) groups is 1. The Labute approximate surface area is 74.3 Å². The molecule has 0 amide bonds. The Balaban J connectivity index is 4.27. The van der Waals surface area contributed by atoms with Crippen LogP contribution in [0.15, 0.2) is 0 Å². The molecule has 12 heavy (non-hydrogen) atoms. The molecule has 0 bridgehead atoms. The van der Waals surface area contributed by atoms with E-state index in [1.54, 1.807) is 13.8 Å². The molecule has 0 aromatic heterocycles. The van der Waals surface area contributed by atoms with E-state index in [-0.39, 0.29) is 11.9 Å². The standard InChI is InChI=1S/C9H19NO2/c1-5-7(3)9(4,10)8(11)12-6-2/h7H,5-6,10H2,1-4H3. The molecule has 0 radical (unpaired) electrons. The van der Waals surface area contributed by atoms with Gasteiger partial charge in [0.1, 0.15) is 5.54 Å². The van der Waals surface area contributed by atoms with Crippen molar-refractivity contribution in [3.63, 3.8) is 0 Å². The lowest BCUT2D eigenvalue weighted by molar-refractivity contribution is -0.151. The van der Waals surface area contributed by atoms with Gasteiger partial charge in [0.2, 0.25) is 0 Å². The maximum Gasteiger partial charge on any atom is 0.326 e. The van der Waals surface area contributed by atoms with E-state index in [0.29, 0.717) is 6.61 Å². The molecule has 0 aromatic carbocycles. The van der Waals surface area contributed by atoms with Crippen LogP contribution in [0.1, 0.15) is 34.1 Å². The molecule has 0 saturated heterocycles. The predicted octanol–water partition coefficient (Wildman–Crippen LogP) is 1.31. The van der Waals surface area contributed by atoms with Crippen molar-refractivity contribution >= 4 is 5.97 Å². The van der Waals surface area contributed by atoms with Crippen LogP contribution in [0.25, 0.3) is 0 Å². The summed E-state index contributed by atoms with van der Waals surface area (Å²) in [5.74, 6) is -0.157. The topological polar surface area (TPSA) is 52.3 Å². The molecule has 0 heterocycles. The zero-order valence-electron chi connectivity index (χ0n) is 8.39. The fourth-order valence-electron chi connectivity index (χ4n) is 0.912. The average molecular weight is 173 g/mol. The van der Waals surface area contributed by atoms with Gasteiger partial charge >= 0.3 is 5.97 Å². The number of nitrogens with two attached hydrogens (primary N) is 1. The molecule has 2 N–H and O–H groups in total. The van der Waals surface area contributed by atoms with E-state index in [1.807, 2.05) is 13.8 Å². The molecule has 0 rings (SSSR count). The molecule has 0 spiro atoms. The molecular formula is C9H19NO2. The van der Waals surface area contributed by atoms with Gasteiger partial charge in [-0.3, -0.25) is 4.79 Å². The largest absolute Gasteiger partial charge is 0.465 e. The minimum atomic E-state index is -0.842. The highest BCUT2D eigenvalue weighted by atomic mass is 16.5. The quantitative estimate of drug-likeness (QED) is 0.652. The number of carbonyl (C=O) groups excluding carboxylic acids is 1. The number of esters is 1. The maximum absolute atomic E-state index is 11.3. The van der Waals surface area contributed by atoms with E-state index in [9.17, 15) is 4.79 Å². The summed E-state index contributed by atoms with van der Waals surface area (Å²) in [6.07, 6.45) is 0.881. The minimum absolute atomic E-state index is 0.150. The van der Waals surface area contributed by atoms with E-state index < -0.39 is 5.54 Å². The molecule has 0 saturated carbocycles. The number of rotatable bonds is 4. The maximum atomic E-state index is 11.3. The van der Waals surface area contributed by atoms with Crippen molar-refractivity contribution in [2.75, 3.05) is 6.61 Å². The van der Waals surface area contributed by atoms with Crippen molar-refractivity contribution in [2.24, 2.45) is 11.7 Å². The van der Waals surface area contributed by atoms with Gasteiger partial charge in [-0.25, -0.2) is 0 Å². The minimum Gasteiger partial charge on any atom is -0.465 e. The van der Waals surface area contributed by atoms with Gasteiger partial charge in [-0.2, -0.15) is 0 Å². The third-order valence-electron chi connectivity index (χ3n) is 2.35. The van der Waals surface area contributed by atoms with Gasteiger partial charge in [-0.1, -0.05) is 20.3 Å². The fraction of sp³-hybridized carbons (Fsp3) is 0.889. The highest BCUT2D eigenvalue weighted by Crippen LogP contribution is 2.18. The van der Waals surface area contributed by atoms with Crippen molar-refractivity contribution in [2.45, 2.75) is 39.7 Å². The molecule has 2 unspecified atom stereocenters. The molecule has 0 aliphatic rings. The predicted molar refractivity (Wildman–Crippen MR) is 48.7 cm³/mol. The van der Waals surface area contributed by atoms with Crippen LogP contribution in [0.2, 0.25) is 0 Å². The first-order valence-electron chi connectivity index (χ1n) is 4.42. The van der Waals surface area contributed by atoms with E-state index >= 15 is 0 Å². The molecule has 0 aromatic rings. The third-order valence-corrected chi connectivity index (χ3v) is 2.35. The summed E-state index contributed by atoms with van der Waals surface area (Å²) in [6, 6.07) is 0. The summed E-state index contributed by atoms with van der Waals surface area (Å²) in [4.78, 5) is 11.3. The monoisotopic (exact) mass is 173 g/mol. The Hall–Kier alpha value is -0.570. The first kappa shape index (κ1) is 11.4. The molecule has 72 valence electrons. The van der Waals surface area contributed by atoms with E-state index in [2.05, 4.69) is 0 Å². The summed E-state index contributed by atoms with van der Waals surface area (Å²) in [7, 11) is 0. The Kier molecular flexibility index (Phi) is 4.24. The second-order valence-electron chi connectivity index (χ2n) is 3.31. The van der Waals surface area contributed by atoms with Crippen molar-refractivity contribution in [3.8, 4) is 0 Å². The van der Waals surface area contributed by atoms with Gasteiger partial charge < -0.3 is 10.5 Å². The lowest BCUT2D eigenvalue weighted by Crippen LogP contribution is -2.51. The Morgan fingerprint density at radius 2 is 2.08 bits per heavy atom. The highest BCUT2D eigenvalue weighted by molar-refractivity contribution is 5.80. The van der Waals surface area contributed by atoms with Crippen LogP contribution in [0.3, 0.4) is 0 Å². The second kappa shape index (κ2) is 4.45. The highest BCUT2D eigenvalue weighted by Gasteiger charge is 2.34. The third kappa shape index (κ3) is 2.48. The van der Waals surface area contributed by atoms with Crippen molar-refractivity contribution in [1.82, 2.24) is 0 Å². The summed E-state index contributed by atoms with van der Waals surface area (Å²) < 4.78 is 4.87. The van der Waals surface area contributed by atoms with Crippen molar-refractivity contribution < 1.29 is 9.53 Å². The molecular weight excluding hydrogens is 154 g/mol. The van der Waals surface area contributed by atoms with Crippen LogP contribution in [0, 0.1) is 5.92 Å². The van der Waals surface area contributed by atoms with Gasteiger partial charge in [0.25, 0.3) is 0 Å². The van der Waals surface area contributed by atoms with Gasteiger partial charge in [0.15, 0.2) is 0 Å². The van der Waals surface area contributed by atoms with Crippen molar-refractivity contribution in [3.05, 3.63) is 0 Å². The van der Waals surface area contributed by atoms with E-state index in [4.69, 9.17) is 10.5 Å². The molecule has 3 nitrogen and oxygen atoms in total. The summed E-state index contributed by atoms with van der Waals surface area (Å²) in [6.45, 7) is 7.86. The van der Waals surface area contributed by atoms with Crippen LogP contribution in [-0.2, 0) is 9.53 Å². The van der Waals surface area contributed by atoms with Crippen molar-refractivity contribution in [1.29, 1.82) is 0 Å². The Bertz CT molecular complexity index is 155. The number of hydrogen-bond acceptors (Lipinski definition) is 3. The van der Waals surface area contributed by atoms with Gasteiger partial charge in [-0.15, -0.1) is 0 Å². The smallest absolute Gasteiger partial charge is 0.326 e. The first-order valence-corrected chi connectivity index (χ1v) is 4.42. The van der Waals surface area contributed by atoms with Crippen LogP contribution in [0.5, 0.6) is 0 Å². The van der Waals surface area contributed by atoms with Crippen LogP contribution in [-0.4, -0.2) is 18.1 Å². The molecule has 0 aliphatic heterocycles. The lowest BCUT2D eigenvalue weighted by atomic mass is 9.86. The average Bonchev–Trinajstić information content (AvgIpc) is 2.03. The molecule has 2 atom stereocenters. The van der Waals surface area contributed by atoms with Crippen LogP contribution in [0.4, 0.5) is 0 Å². The summed E-state index contributed by atoms with van der Waals surface area (Å²) in [5, 5.41) is 0. The van der Waals surface area contributed by atoms with Gasteiger partial charge in [0, 0.05) is 0 Å². The summed E-state index contributed by atoms with van der Waals surface area (Å²) in [5.41, 5.74) is 4.98. The van der Waals surface area contributed by atoms with Gasteiger partial charge in [-0.05, 0) is 19.8 Å². The SMILES string of the molecule is CCOC(=O)C(C)(N)C(C)CC. The van der Waals surface area contributed by atoms with Crippen LogP contribution < -0.4 is 5.73 Å². The molecule has 3 heteroatoms. The Morgan fingerprint density at radius 3 is 2.42 bits per heavy atom. The zero-order valence-corrected chi connectivity index (χ0v) is 8.39. The normalized spacial score (nSPS) is 18.1. The summed E-state index contributed by atoms with van der Waals surface area (Å²) >= 11 is 0. The molecule has 0 aliphatic carbocycles. The first-order chi connectivity index (χ1) is 5.46. The Morgan fingerprint density at radius 1 is 1.58 bits per heavy atom.